The highest BCUT2D eigenvalue weighted by Gasteiger charge is 2.14. The van der Waals surface area contributed by atoms with Gasteiger partial charge >= 0.3 is 0 Å². The summed E-state index contributed by atoms with van der Waals surface area (Å²) in [6.07, 6.45) is 1.81. The average molecular weight is 304 g/mol. The van der Waals surface area contributed by atoms with Crippen molar-refractivity contribution in [1.82, 2.24) is 25.4 Å². The van der Waals surface area contributed by atoms with Crippen LogP contribution in [0.1, 0.15) is 12.6 Å². The Morgan fingerprint density at radius 2 is 1.95 bits per heavy atom. The second kappa shape index (κ2) is 9.38. The van der Waals surface area contributed by atoms with Gasteiger partial charge in [0.15, 0.2) is 5.96 Å². The Morgan fingerprint density at radius 1 is 1.18 bits per heavy atom. The van der Waals surface area contributed by atoms with Gasteiger partial charge in [0.25, 0.3) is 0 Å². The zero-order valence-electron chi connectivity index (χ0n) is 13.8. The second-order valence-electron chi connectivity index (χ2n) is 5.45. The maximum atomic E-state index is 4.30. The molecule has 1 aliphatic rings. The average Bonchev–Trinajstić information content (AvgIpc) is 2.59. The number of pyridine rings is 1. The zero-order chi connectivity index (χ0) is 15.6. The molecule has 122 valence electrons. The summed E-state index contributed by atoms with van der Waals surface area (Å²) in [6, 6.07) is 5.93. The van der Waals surface area contributed by atoms with E-state index in [9.17, 15) is 0 Å². The Bertz CT molecular complexity index is 439. The Labute approximate surface area is 133 Å². The number of hydrogen-bond donors (Lipinski definition) is 2. The van der Waals surface area contributed by atoms with E-state index in [1.807, 2.05) is 24.4 Å². The predicted octanol–water partition coefficient (Wildman–Crippen LogP) is 0.384. The van der Waals surface area contributed by atoms with Crippen molar-refractivity contribution in [1.29, 1.82) is 0 Å². The summed E-state index contributed by atoms with van der Waals surface area (Å²) in [6.45, 7) is 10.7. The fraction of sp³-hybridized carbons (Fsp3) is 0.625. The van der Waals surface area contributed by atoms with Crippen molar-refractivity contribution in [3.05, 3.63) is 30.1 Å². The molecule has 1 aliphatic heterocycles. The van der Waals surface area contributed by atoms with Crippen molar-refractivity contribution in [2.24, 2.45) is 4.99 Å². The number of piperazine rings is 1. The maximum Gasteiger partial charge on any atom is 0.191 e. The van der Waals surface area contributed by atoms with Gasteiger partial charge in [-0.25, -0.2) is 0 Å². The highest BCUT2D eigenvalue weighted by Crippen LogP contribution is 1.99. The van der Waals surface area contributed by atoms with E-state index in [0.29, 0.717) is 6.54 Å². The minimum absolute atomic E-state index is 0.690. The number of nitrogens with zero attached hydrogens (tertiary/aromatic N) is 4. The molecule has 2 N–H and O–H groups in total. The molecule has 0 aromatic carbocycles. The van der Waals surface area contributed by atoms with Gasteiger partial charge in [-0.05, 0) is 18.7 Å². The number of hydrogen-bond acceptors (Lipinski definition) is 4. The third kappa shape index (κ3) is 5.61. The van der Waals surface area contributed by atoms with Gasteiger partial charge in [-0.15, -0.1) is 0 Å². The van der Waals surface area contributed by atoms with E-state index < -0.39 is 0 Å². The summed E-state index contributed by atoms with van der Waals surface area (Å²) in [5, 5.41) is 6.66. The third-order valence-corrected chi connectivity index (χ3v) is 4.02. The van der Waals surface area contributed by atoms with Crippen LogP contribution in [0.4, 0.5) is 0 Å². The van der Waals surface area contributed by atoms with E-state index in [2.05, 4.69) is 37.3 Å². The van der Waals surface area contributed by atoms with Crippen LogP contribution in [0.15, 0.2) is 29.4 Å². The van der Waals surface area contributed by atoms with E-state index in [0.717, 1.165) is 44.4 Å². The van der Waals surface area contributed by atoms with Gasteiger partial charge < -0.3 is 15.5 Å². The van der Waals surface area contributed by atoms with Crippen molar-refractivity contribution >= 4 is 5.96 Å². The van der Waals surface area contributed by atoms with Crippen molar-refractivity contribution in [3.8, 4) is 0 Å². The van der Waals surface area contributed by atoms with Crippen LogP contribution in [-0.2, 0) is 6.54 Å². The minimum atomic E-state index is 0.690. The molecule has 0 aliphatic carbocycles. The minimum Gasteiger partial charge on any atom is -0.355 e. The van der Waals surface area contributed by atoms with Crippen molar-refractivity contribution in [2.75, 3.05) is 52.9 Å². The normalized spacial score (nSPS) is 17.5. The molecule has 0 bridgehead atoms. The standard InChI is InChI=1S/C16H28N6/c1-3-21-10-12-22(13-11-21)9-8-19-16(17-2)20-14-15-6-4-5-7-18-15/h4-7H,3,8-14H2,1-2H3,(H2,17,19,20). The van der Waals surface area contributed by atoms with Crippen molar-refractivity contribution < 1.29 is 0 Å². The number of aliphatic imine (C=N–C) groups is 1. The summed E-state index contributed by atoms with van der Waals surface area (Å²) >= 11 is 0. The first-order valence-corrected chi connectivity index (χ1v) is 8.11. The summed E-state index contributed by atoms with van der Waals surface area (Å²) in [5.41, 5.74) is 1.01. The van der Waals surface area contributed by atoms with Gasteiger partial charge in [0.1, 0.15) is 0 Å². The molecule has 1 aromatic rings. The Balaban J connectivity index is 1.62. The van der Waals surface area contributed by atoms with Crippen LogP contribution in [0.25, 0.3) is 0 Å². The quantitative estimate of drug-likeness (QED) is 0.588. The first-order valence-electron chi connectivity index (χ1n) is 8.11. The SMILES string of the molecule is CCN1CCN(CCNC(=NC)NCc2ccccn2)CC1. The molecule has 0 amide bonds. The molecule has 0 atom stereocenters. The predicted molar refractivity (Wildman–Crippen MR) is 91.0 cm³/mol. The lowest BCUT2D eigenvalue weighted by molar-refractivity contribution is 0.139. The molecule has 0 radical (unpaired) electrons. The molecule has 0 spiro atoms. The van der Waals surface area contributed by atoms with E-state index in [1.54, 1.807) is 7.05 Å². The lowest BCUT2D eigenvalue weighted by atomic mass is 10.3. The number of likely N-dealkylation sites (N-methyl/N-ethyl adjacent to an activating group) is 1. The van der Waals surface area contributed by atoms with Crippen LogP contribution < -0.4 is 10.6 Å². The van der Waals surface area contributed by atoms with E-state index in [1.165, 1.54) is 13.1 Å². The van der Waals surface area contributed by atoms with Crippen LogP contribution in [0.2, 0.25) is 0 Å². The molecule has 0 unspecified atom stereocenters. The maximum absolute atomic E-state index is 4.30. The van der Waals surface area contributed by atoms with Gasteiger partial charge in [0.2, 0.25) is 0 Å². The monoisotopic (exact) mass is 304 g/mol. The molecule has 6 heteroatoms. The Hall–Kier alpha value is -1.66. The number of aromatic nitrogens is 1. The van der Waals surface area contributed by atoms with Gasteiger partial charge in [0, 0.05) is 52.5 Å². The van der Waals surface area contributed by atoms with Crippen molar-refractivity contribution in [3.63, 3.8) is 0 Å². The van der Waals surface area contributed by atoms with Gasteiger partial charge in [-0.3, -0.25) is 14.9 Å². The first-order chi connectivity index (χ1) is 10.8. The summed E-state index contributed by atoms with van der Waals surface area (Å²) in [4.78, 5) is 13.5. The summed E-state index contributed by atoms with van der Waals surface area (Å²) < 4.78 is 0. The highest BCUT2D eigenvalue weighted by molar-refractivity contribution is 5.79. The lowest BCUT2D eigenvalue weighted by Crippen LogP contribution is -2.49. The second-order valence-corrected chi connectivity index (χ2v) is 5.45. The number of guanidine groups is 1. The molecule has 1 saturated heterocycles. The zero-order valence-corrected chi connectivity index (χ0v) is 13.8. The van der Waals surface area contributed by atoms with Gasteiger partial charge in [-0.2, -0.15) is 0 Å². The van der Waals surface area contributed by atoms with Crippen LogP contribution in [0.5, 0.6) is 0 Å². The fourth-order valence-corrected chi connectivity index (χ4v) is 2.56. The van der Waals surface area contributed by atoms with Gasteiger partial charge in [0.05, 0.1) is 12.2 Å². The Kier molecular flexibility index (Phi) is 7.12. The lowest BCUT2D eigenvalue weighted by Gasteiger charge is -2.34. The van der Waals surface area contributed by atoms with Gasteiger partial charge in [-0.1, -0.05) is 13.0 Å². The largest absolute Gasteiger partial charge is 0.355 e. The van der Waals surface area contributed by atoms with Crippen molar-refractivity contribution in [2.45, 2.75) is 13.5 Å². The number of nitrogens with one attached hydrogen (secondary N) is 2. The number of rotatable bonds is 6. The molecule has 2 rings (SSSR count). The van der Waals surface area contributed by atoms with E-state index >= 15 is 0 Å². The molecular weight excluding hydrogens is 276 g/mol. The molecule has 1 aromatic heterocycles. The first kappa shape index (κ1) is 16.7. The van der Waals surface area contributed by atoms with Crippen LogP contribution in [0.3, 0.4) is 0 Å². The summed E-state index contributed by atoms with van der Waals surface area (Å²) in [7, 11) is 1.80. The fourth-order valence-electron chi connectivity index (χ4n) is 2.56. The highest BCUT2D eigenvalue weighted by atomic mass is 15.3. The third-order valence-electron chi connectivity index (χ3n) is 4.02. The van der Waals surface area contributed by atoms with Crippen LogP contribution in [0, 0.1) is 0 Å². The molecule has 22 heavy (non-hydrogen) atoms. The molecule has 6 nitrogen and oxygen atoms in total. The topological polar surface area (TPSA) is 55.8 Å². The van der Waals surface area contributed by atoms with Crippen LogP contribution in [-0.4, -0.2) is 73.6 Å². The summed E-state index contributed by atoms with van der Waals surface area (Å²) in [5.74, 6) is 0.831. The van der Waals surface area contributed by atoms with E-state index in [4.69, 9.17) is 0 Å². The van der Waals surface area contributed by atoms with E-state index in [-0.39, 0.29) is 0 Å². The smallest absolute Gasteiger partial charge is 0.191 e. The molecule has 1 fully saturated rings. The molecule has 2 heterocycles. The Morgan fingerprint density at radius 3 is 2.59 bits per heavy atom. The molecular formula is C16H28N6. The van der Waals surface area contributed by atoms with Crippen LogP contribution >= 0.6 is 0 Å². The molecule has 0 saturated carbocycles.